The van der Waals surface area contributed by atoms with Crippen LogP contribution in [0.1, 0.15) is 36.4 Å². The predicted molar refractivity (Wildman–Crippen MR) is 98.4 cm³/mol. The SMILES string of the molecule is C=CCN(CC1=CCCC1)C(c1ccccc1)c1ccccc1. The van der Waals surface area contributed by atoms with Gasteiger partial charge in [-0.2, -0.15) is 0 Å². The molecule has 0 aromatic heterocycles. The molecule has 2 aromatic carbocycles. The lowest BCUT2D eigenvalue weighted by Gasteiger charge is -2.32. The monoisotopic (exact) mass is 303 g/mol. The third-order valence-electron chi connectivity index (χ3n) is 4.50. The minimum atomic E-state index is 0.275. The Balaban J connectivity index is 1.95. The van der Waals surface area contributed by atoms with Gasteiger partial charge in [0.2, 0.25) is 0 Å². The molecule has 0 spiro atoms. The van der Waals surface area contributed by atoms with Gasteiger partial charge in [0.25, 0.3) is 0 Å². The molecule has 0 fully saturated rings. The Bertz CT molecular complexity index is 603. The Morgan fingerprint density at radius 2 is 1.57 bits per heavy atom. The zero-order chi connectivity index (χ0) is 15.9. The van der Waals surface area contributed by atoms with E-state index in [2.05, 4.69) is 78.2 Å². The second-order valence-corrected chi connectivity index (χ2v) is 6.20. The molecule has 0 radical (unpaired) electrons. The van der Waals surface area contributed by atoms with Crippen LogP contribution in [0.5, 0.6) is 0 Å². The van der Waals surface area contributed by atoms with Gasteiger partial charge in [0.1, 0.15) is 0 Å². The van der Waals surface area contributed by atoms with Gasteiger partial charge in [0, 0.05) is 13.1 Å². The summed E-state index contributed by atoms with van der Waals surface area (Å²) in [4.78, 5) is 2.54. The number of rotatable bonds is 7. The molecule has 0 aliphatic heterocycles. The van der Waals surface area contributed by atoms with Crippen LogP contribution in [0.3, 0.4) is 0 Å². The molecule has 0 bridgehead atoms. The van der Waals surface area contributed by atoms with E-state index in [-0.39, 0.29) is 6.04 Å². The minimum absolute atomic E-state index is 0.275. The smallest absolute Gasteiger partial charge is 0.0607 e. The van der Waals surface area contributed by atoms with Crippen molar-refractivity contribution >= 4 is 0 Å². The highest BCUT2D eigenvalue weighted by Crippen LogP contribution is 2.30. The second-order valence-electron chi connectivity index (χ2n) is 6.20. The van der Waals surface area contributed by atoms with Crippen molar-refractivity contribution in [2.75, 3.05) is 13.1 Å². The lowest BCUT2D eigenvalue weighted by atomic mass is 9.96. The van der Waals surface area contributed by atoms with Crippen molar-refractivity contribution in [1.29, 1.82) is 0 Å². The fourth-order valence-electron chi connectivity index (χ4n) is 3.45. The molecule has 1 heteroatoms. The maximum absolute atomic E-state index is 3.98. The number of allylic oxidation sites excluding steroid dienone is 1. The van der Waals surface area contributed by atoms with E-state index in [9.17, 15) is 0 Å². The van der Waals surface area contributed by atoms with Crippen LogP contribution in [0.4, 0.5) is 0 Å². The van der Waals surface area contributed by atoms with Crippen LogP contribution >= 0.6 is 0 Å². The Hall–Kier alpha value is -2.12. The Morgan fingerprint density at radius 3 is 2.04 bits per heavy atom. The summed E-state index contributed by atoms with van der Waals surface area (Å²) in [5.41, 5.74) is 4.27. The molecule has 0 amide bonds. The standard InChI is InChI=1S/C22H25N/c1-2-17-23(18-19-11-9-10-12-19)22(20-13-5-3-6-14-20)21-15-7-4-8-16-21/h2-8,11,13-16,22H,1,9-10,12,17-18H2. The first-order valence-corrected chi connectivity index (χ1v) is 8.51. The molecular formula is C22H25N. The van der Waals surface area contributed by atoms with Crippen LogP contribution in [0.25, 0.3) is 0 Å². The highest BCUT2D eigenvalue weighted by atomic mass is 15.2. The van der Waals surface area contributed by atoms with Crippen LogP contribution in [0.15, 0.2) is 85.0 Å². The molecule has 2 aromatic rings. The second kappa shape index (κ2) is 7.94. The molecule has 3 rings (SSSR count). The molecule has 1 aliphatic rings. The zero-order valence-electron chi connectivity index (χ0n) is 13.7. The average Bonchev–Trinajstić information content (AvgIpc) is 3.10. The quantitative estimate of drug-likeness (QED) is 0.621. The van der Waals surface area contributed by atoms with Crippen molar-refractivity contribution in [3.05, 3.63) is 96.1 Å². The predicted octanol–water partition coefficient (Wildman–Crippen LogP) is 5.37. The number of hydrogen-bond acceptors (Lipinski definition) is 1. The van der Waals surface area contributed by atoms with Gasteiger partial charge in [-0.25, -0.2) is 0 Å². The molecule has 0 N–H and O–H groups in total. The maximum atomic E-state index is 3.98. The van der Waals surface area contributed by atoms with Gasteiger partial charge in [-0.15, -0.1) is 6.58 Å². The summed E-state index contributed by atoms with van der Waals surface area (Å²) in [5, 5.41) is 0. The molecule has 0 saturated heterocycles. The lowest BCUT2D eigenvalue weighted by molar-refractivity contribution is 0.270. The highest BCUT2D eigenvalue weighted by Gasteiger charge is 2.22. The fraction of sp³-hybridized carbons (Fsp3) is 0.273. The van der Waals surface area contributed by atoms with Gasteiger partial charge in [-0.05, 0) is 30.4 Å². The average molecular weight is 303 g/mol. The van der Waals surface area contributed by atoms with E-state index in [0.717, 1.165) is 13.1 Å². The maximum Gasteiger partial charge on any atom is 0.0607 e. The molecule has 0 atom stereocenters. The largest absolute Gasteiger partial charge is 0.285 e. The van der Waals surface area contributed by atoms with Crippen LogP contribution in [0.2, 0.25) is 0 Å². The van der Waals surface area contributed by atoms with Gasteiger partial charge in [-0.1, -0.05) is 78.4 Å². The Kier molecular flexibility index (Phi) is 5.44. The Morgan fingerprint density at radius 1 is 0.957 bits per heavy atom. The van der Waals surface area contributed by atoms with E-state index in [1.165, 1.54) is 30.4 Å². The zero-order valence-corrected chi connectivity index (χ0v) is 13.7. The van der Waals surface area contributed by atoms with E-state index >= 15 is 0 Å². The van der Waals surface area contributed by atoms with Gasteiger partial charge in [0.05, 0.1) is 6.04 Å². The summed E-state index contributed by atoms with van der Waals surface area (Å²) in [6.45, 7) is 5.91. The van der Waals surface area contributed by atoms with E-state index in [4.69, 9.17) is 0 Å². The van der Waals surface area contributed by atoms with Crippen molar-refractivity contribution in [3.8, 4) is 0 Å². The summed E-state index contributed by atoms with van der Waals surface area (Å²) >= 11 is 0. The first-order valence-electron chi connectivity index (χ1n) is 8.51. The van der Waals surface area contributed by atoms with E-state index in [0.29, 0.717) is 0 Å². The lowest BCUT2D eigenvalue weighted by Crippen LogP contribution is -2.31. The number of benzene rings is 2. The van der Waals surface area contributed by atoms with Gasteiger partial charge in [0.15, 0.2) is 0 Å². The van der Waals surface area contributed by atoms with E-state index in [1.54, 1.807) is 5.57 Å². The van der Waals surface area contributed by atoms with Crippen molar-refractivity contribution in [2.45, 2.75) is 25.3 Å². The third kappa shape index (κ3) is 4.00. The first-order chi connectivity index (χ1) is 11.4. The fourth-order valence-corrected chi connectivity index (χ4v) is 3.45. The third-order valence-corrected chi connectivity index (χ3v) is 4.50. The summed E-state index contributed by atoms with van der Waals surface area (Å²) < 4.78 is 0. The van der Waals surface area contributed by atoms with Gasteiger partial charge >= 0.3 is 0 Å². The Labute approximate surface area is 140 Å². The van der Waals surface area contributed by atoms with Crippen LogP contribution in [-0.2, 0) is 0 Å². The van der Waals surface area contributed by atoms with Crippen LogP contribution < -0.4 is 0 Å². The van der Waals surface area contributed by atoms with Gasteiger partial charge in [-0.3, -0.25) is 4.90 Å². The summed E-state index contributed by atoms with van der Waals surface area (Å²) in [6, 6.07) is 21.9. The molecule has 118 valence electrons. The summed E-state index contributed by atoms with van der Waals surface area (Å²) in [7, 11) is 0. The van der Waals surface area contributed by atoms with E-state index in [1.807, 2.05) is 6.08 Å². The molecule has 1 nitrogen and oxygen atoms in total. The molecule has 0 saturated carbocycles. The molecule has 0 heterocycles. The topological polar surface area (TPSA) is 3.24 Å². The first kappa shape index (κ1) is 15.8. The van der Waals surface area contributed by atoms with Crippen molar-refractivity contribution in [2.24, 2.45) is 0 Å². The van der Waals surface area contributed by atoms with Gasteiger partial charge < -0.3 is 0 Å². The summed E-state index contributed by atoms with van der Waals surface area (Å²) in [6.07, 6.45) is 8.22. The van der Waals surface area contributed by atoms with Crippen LogP contribution in [0, 0.1) is 0 Å². The molecule has 0 unspecified atom stereocenters. The molecule has 23 heavy (non-hydrogen) atoms. The number of hydrogen-bond donors (Lipinski definition) is 0. The minimum Gasteiger partial charge on any atom is -0.285 e. The number of nitrogens with zero attached hydrogens (tertiary/aromatic N) is 1. The summed E-state index contributed by atoms with van der Waals surface area (Å²) in [5.74, 6) is 0. The van der Waals surface area contributed by atoms with Crippen LogP contribution in [-0.4, -0.2) is 18.0 Å². The normalized spacial score (nSPS) is 14.3. The highest BCUT2D eigenvalue weighted by molar-refractivity contribution is 5.32. The van der Waals surface area contributed by atoms with Crippen molar-refractivity contribution < 1.29 is 0 Å². The van der Waals surface area contributed by atoms with E-state index < -0.39 is 0 Å². The van der Waals surface area contributed by atoms with Crippen molar-refractivity contribution in [1.82, 2.24) is 4.90 Å². The molecule has 1 aliphatic carbocycles. The molecular weight excluding hydrogens is 278 g/mol. The van der Waals surface area contributed by atoms with Crippen molar-refractivity contribution in [3.63, 3.8) is 0 Å².